The molecular formula is C14H15ClN2. The fraction of sp³-hybridized carbons (Fsp3) is 0.214. The molecule has 0 atom stereocenters. The molecule has 0 saturated heterocycles. The molecule has 1 aromatic heterocycles. The molecule has 2 rings (SSSR count). The third kappa shape index (κ3) is 3.46. The van der Waals surface area contributed by atoms with Gasteiger partial charge in [-0.05, 0) is 42.7 Å². The van der Waals surface area contributed by atoms with E-state index in [-0.39, 0.29) is 0 Å². The van der Waals surface area contributed by atoms with E-state index in [1.165, 1.54) is 5.56 Å². The van der Waals surface area contributed by atoms with Crippen molar-refractivity contribution in [3.05, 3.63) is 53.7 Å². The van der Waals surface area contributed by atoms with Crippen LogP contribution in [0.25, 0.3) is 0 Å². The molecule has 0 saturated carbocycles. The van der Waals surface area contributed by atoms with Crippen molar-refractivity contribution in [3.8, 4) is 0 Å². The van der Waals surface area contributed by atoms with Crippen LogP contribution >= 0.6 is 11.6 Å². The summed E-state index contributed by atoms with van der Waals surface area (Å²) < 4.78 is 0. The van der Waals surface area contributed by atoms with Crippen LogP contribution in [0.2, 0.25) is 0 Å². The number of rotatable bonds is 4. The molecule has 0 aliphatic heterocycles. The highest BCUT2D eigenvalue weighted by atomic mass is 35.5. The Bertz CT molecular complexity index is 463. The van der Waals surface area contributed by atoms with Crippen LogP contribution in [-0.2, 0) is 6.42 Å². The standard InChI is InChI=1S/C14H15ClN2/c1-11-2-7-14(16-10-11)17-13-5-3-12(4-6-13)8-9-15/h2-7,10H,8-9H2,1H3,(H,16,17). The number of halogens is 1. The normalized spacial score (nSPS) is 10.2. The lowest BCUT2D eigenvalue weighted by molar-refractivity contribution is 1.15. The van der Waals surface area contributed by atoms with E-state index in [2.05, 4.69) is 22.4 Å². The van der Waals surface area contributed by atoms with Gasteiger partial charge in [-0.25, -0.2) is 4.98 Å². The van der Waals surface area contributed by atoms with E-state index >= 15 is 0 Å². The van der Waals surface area contributed by atoms with Gasteiger partial charge in [0.15, 0.2) is 0 Å². The van der Waals surface area contributed by atoms with Crippen molar-refractivity contribution >= 4 is 23.1 Å². The molecule has 0 amide bonds. The second-order valence-corrected chi connectivity index (χ2v) is 4.36. The van der Waals surface area contributed by atoms with Crippen LogP contribution in [0.4, 0.5) is 11.5 Å². The monoisotopic (exact) mass is 246 g/mol. The summed E-state index contributed by atoms with van der Waals surface area (Å²) in [6.07, 6.45) is 2.76. The topological polar surface area (TPSA) is 24.9 Å². The first kappa shape index (κ1) is 11.9. The second-order valence-electron chi connectivity index (χ2n) is 3.98. The average molecular weight is 247 g/mol. The summed E-state index contributed by atoms with van der Waals surface area (Å²) in [6.45, 7) is 2.03. The quantitative estimate of drug-likeness (QED) is 0.828. The van der Waals surface area contributed by atoms with E-state index in [0.717, 1.165) is 23.5 Å². The van der Waals surface area contributed by atoms with Crippen molar-refractivity contribution in [2.45, 2.75) is 13.3 Å². The molecule has 0 aliphatic rings. The Balaban J connectivity index is 2.05. The molecule has 0 fully saturated rings. The number of nitrogens with zero attached hydrogens (tertiary/aromatic N) is 1. The lowest BCUT2D eigenvalue weighted by Crippen LogP contribution is -1.94. The SMILES string of the molecule is Cc1ccc(Nc2ccc(CCCl)cc2)nc1. The van der Waals surface area contributed by atoms with E-state index in [0.29, 0.717) is 5.88 Å². The summed E-state index contributed by atoms with van der Waals surface area (Å²) in [5.41, 5.74) is 3.45. The van der Waals surface area contributed by atoms with Gasteiger partial charge in [0, 0.05) is 17.8 Å². The maximum Gasteiger partial charge on any atom is 0.130 e. The van der Waals surface area contributed by atoms with Crippen LogP contribution in [0.1, 0.15) is 11.1 Å². The summed E-state index contributed by atoms with van der Waals surface area (Å²) in [7, 11) is 0. The molecule has 88 valence electrons. The molecule has 0 unspecified atom stereocenters. The Labute approximate surface area is 107 Å². The van der Waals surface area contributed by atoms with Crippen LogP contribution < -0.4 is 5.32 Å². The molecule has 0 radical (unpaired) electrons. The number of nitrogens with one attached hydrogen (secondary N) is 1. The van der Waals surface area contributed by atoms with Crippen molar-refractivity contribution in [2.24, 2.45) is 0 Å². The van der Waals surface area contributed by atoms with Crippen molar-refractivity contribution in [3.63, 3.8) is 0 Å². The summed E-state index contributed by atoms with van der Waals surface area (Å²) in [6, 6.07) is 12.3. The van der Waals surface area contributed by atoms with Gasteiger partial charge < -0.3 is 5.32 Å². The van der Waals surface area contributed by atoms with Crippen molar-refractivity contribution < 1.29 is 0 Å². The van der Waals surface area contributed by atoms with Crippen LogP contribution in [0, 0.1) is 6.92 Å². The smallest absolute Gasteiger partial charge is 0.130 e. The molecule has 0 spiro atoms. The highest BCUT2D eigenvalue weighted by molar-refractivity contribution is 6.17. The Morgan fingerprint density at radius 1 is 1.12 bits per heavy atom. The minimum absolute atomic E-state index is 0.659. The molecule has 0 bridgehead atoms. The predicted octanol–water partition coefficient (Wildman–Crippen LogP) is 3.91. The van der Waals surface area contributed by atoms with Crippen LogP contribution in [0.15, 0.2) is 42.6 Å². The van der Waals surface area contributed by atoms with Crippen LogP contribution in [0.3, 0.4) is 0 Å². The summed E-state index contributed by atoms with van der Waals surface area (Å²) in [5, 5.41) is 3.26. The Kier molecular flexibility index (Phi) is 3.99. The lowest BCUT2D eigenvalue weighted by atomic mass is 10.1. The summed E-state index contributed by atoms with van der Waals surface area (Å²) >= 11 is 5.69. The van der Waals surface area contributed by atoms with Gasteiger partial charge in [-0.2, -0.15) is 0 Å². The van der Waals surface area contributed by atoms with E-state index in [1.807, 2.05) is 37.4 Å². The van der Waals surface area contributed by atoms with E-state index in [9.17, 15) is 0 Å². The fourth-order valence-electron chi connectivity index (χ4n) is 1.55. The van der Waals surface area contributed by atoms with Crippen molar-refractivity contribution in [1.29, 1.82) is 0 Å². The maximum atomic E-state index is 5.69. The first-order chi connectivity index (χ1) is 8.28. The predicted molar refractivity (Wildman–Crippen MR) is 73.1 cm³/mol. The van der Waals surface area contributed by atoms with Crippen molar-refractivity contribution in [1.82, 2.24) is 4.98 Å². The number of benzene rings is 1. The molecule has 2 nitrogen and oxygen atoms in total. The van der Waals surface area contributed by atoms with Crippen LogP contribution in [-0.4, -0.2) is 10.9 Å². The molecule has 17 heavy (non-hydrogen) atoms. The molecule has 0 aliphatic carbocycles. The van der Waals surface area contributed by atoms with Gasteiger partial charge in [0.2, 0.25) is 0 Å². The van der Waals surface area contributed by atoms with Gasteiger partial charge in [-0.1, -0.05) is 18.2 Å². The first-order valence-electron chi connectivity index (χ1n) is 5.62. The zero-order valence-electron chi connectivity index (χ0n) is 9.78. The molecule has 3 heteroatoms. The Morgan fingerprint density at radius 2 is 1.88 bits per heavy atom. The number of alkyl halides is 1. The Morgan fingerprint density at radius 3 is 2.47 bits per heavy atom. The number of hydrogen-bond donors (Lipinski definition) is 1. The molecular weight excluding hydrogens is 232 g/mol. The van der Waals surface area contributed by atoms with Gasteiger partial charge in [0.25, 0.3) is 0 Å². The van der Waals surface area contributed by atoms with Gasteiger partial charge in [-0.3, -0.25) is 0 Å². The molecule has 1 aromatic carbocycles. The summed E-state index contributed by atoms with van der Waals surface area (Å²) in [4.78, 5) is 4.30. The van der Waals surface area contributed by atoms with E-state index in [1.54, 1.807) is 0 Å². The zero-order valence-corrected chi connectivity index (χ0v) is 10.5. The van der Waals surface area contributed by atoms with Gasteiger partial charge in [0.05, 0.1) is 0 Å². The fourth-order valence-corrected chi connectivity index (χ4v) is 1.77. The number of hydrogen-bond acceptors (Lipinski definition) is 2. The highest BCUT2D eigenvalue weighted by Gasteiger charge is 1.96. The maximum absolute atomic E-state index is 5.69. The minimum Gasteiger partial charge on any atom is -0.340 e. The second kappa shape index (κ2) is 5.69. The first-order valence-corrected chi connectivity index (χ1v) is 6.16. The third-order valence-corrected chi connectivity index (χ3v) is 2.71. The van der Waals surface area contributed by atoms with E-state index < -0.39 is 0 Å². The molecule has 1 heterocycles. The number of anilines is 2. The minimum atomic E-state index is 0.659. The third-order valence-electron chi connectivity index (χ3n) is 2.52. The Hall–Kier alpha value is -1.54. The summed E-state index contributed by atoms with van der Waals surface area (Å²) in [5.74, 6) is 1.52. The number of pyridine rings is 1. The van der Waals surface area contributed by atoms with Gasteiger partial charge in [0.1, 0.15) is 5.82 Å². The number of aromatic nitrogens is 1. The molecule has 1 N–H and O–H groups in total. The largest absolute Gasteiger partial charge is 0.340 e. The average Bonchev–Trinajstić information content (AvgIpc) is 2.35. The van der Waals surface area contributed by atoms with Gasteiger partial charge in [-0.15, -0.1) is 11.6 Å². The lowest BCUT2D eigenvalue weighted by Gasteiger charge is -2.06. The van der Waals surface area contributed by atoms with Gasteiger partial charge >= 0.3 is 0 Å². The number of aryl methyl sites for hydroxylation is 2. The zero-order chi connectivity index (χ0) is 12.1. The highest BCUT2D eigenvalue weighted by Crippen LogP contribution is 2.15. The molecule has 2 aromatic rings. The van der Waals surface area contributed by atoms with Crippen molar-refractivity contribution in [2.75, 3.05) is 11.2 Å². The van der Waals surface area contributed by atoms with E-state index in [4.69, 9.17) is 11.6 Å². The van der Waals surface area contributed by atoms with Crippen LogP contribution in [0.5, 0.6) is 0 Å².